The van der Waals surface area contributed by atoms with Crippen LogP contribution in [0.5, 0.6) is 11.5 Å². The molecule has 0 aliphatic carbocycles. The Balaban J connectivity index is 1.86. The van der Waals surface area contributed by atoms with Crippen LogP contribution in [0.25, 0.3) is 0 Å². The second kappa shape index (κ2) is 18.8. The summed E-state index contributed by atoms with van der Waals surface area (Å²) in [5.41, 5.74) is 6.99. The highest BCUT2D eigenvalue weighted by Crippen LogP contribution is 2.45. The number of hydrogen-bond acceptors (Lipinski definition) is 3. The van der Waals surface area contributed by atoms with Gasteiger partial charge in [-0.1, -0.05) is 95.9 Å². The predicted octanol–water partition coefficient (Wildman–Crippen LogP) is 12.5. The molecule has 1 aromatic carbocycles. The van der Waals surface area contributed by atoms with E-state index in [1.165, 1.54) is 68.1 Å². The molecule has 0 saturated carbocycles. The van der Waals surface area contributed by atoms with E-state index in [1.54, 1.807) is 0 Å². The minimum Gasteiger partial charge on any atom is -0.487 e. The largest absolute Gasteiger partial charge is 0.487 e. The van der Waals surface area contributed by atoms with E-state index in [9.17, 15) is 4.79 Å². The normalized spacial score (nSPS) is 18.0. The molecular formula is C41H68O3. The zero-order chi connectivity index (χ0) is 32.9. The van der Waals surface area contributed by atoms with Crippen molar-refractivity contribution in [2.24, 2.45) is 17.8 Å². The van der Waals surface area contributed by atoms with E-state index >= 15 is 0 Å². The summed E-state index contributed by atoms with van der Waals surface area (Å²) in [5.74, 6) is 4.10. The fraction of sp³-hybridized carbons (Fsp3) is 0.732. The van der Waals surface area contributed by atoms with Gasteiger partial charge in [-0.15, -0.1) is 0 Å². The van der Waals surface area contributed by atoms with Gasteiger partial charge in [-0.3, -0.25) is 4.79 Å². The van der Waals surface area contributed by atoms with Crippen LogP contribution in [0.1, 0.15) is 168 Å². The molecule has 3 atom stereocenters. The van der Waals surface area contributed by atoms with E-state index in [-0.39, 0.29) is 11.6 Å². The molecule has 0 aromatic heterocycles. The minimum absolute atomic E-state index is 0.130. The lowest BCUT2D eigenvalue weighted by Gasteiger charge is -2.38. The van der Waals surface area contributed by atoms with Crippen molar-refractivity contribution in [2.45, 2.75) is 178 Å². The average molecular weight is 609 g/mol. The van der Waals surface area contributed by atoms with Crippen molar-refractivity contribution < 1.29 is 14.3 Å². The maximum Gasteiger partial charge on any atom is 0.311 e. The highest BCUT2D eigenvalue weighted by molar-refractivity contribution is 5.74. The lowest BCUT2D eigenvalue weighted by molar-refractivity contribution is -0.134. The van der Waals surface area contributed by atoms with Gasteiger partial charge in [-0.25, -0.2) is 0 Å². The van der Waals surface area contributed by atoms with Crippen LogP contribution in [-0.2, 0) is 11.2 Å². The molecule has 1 aromatic rings. The van der Waals surface area contributed by atoms with E-state index in [0.29, 0.717) is 6.42 Å². The number of allylic oxidation sites excluding steroid dienone is 4. The fourth-order valence-corrected chi connectivity index (χ4v) is 6.71. The number of benzene rings is 1. The maximum atomic E-state index is 12.8. The molecule has 1 heterocycles. The lowest BCUT2D eigenvalue weighted by atomic mass is 9.83. The third-order valence-corrected chi connectivity index (χ3v) is 9.99. The zero-order valence-electron chi connectivity index (χ0n) is 30.7. The molecule has 0 bridgehead atoms. The molecule has 1 aliphatic rings. The zero-order valence-corrected chi connectivity index (χ0v) is 30.7. The van der Waals surface area contributed by atoms with Crippen molar-refractivity contribution in [3.05, 3.63) is 45.6 Å². The van der Waals surface area contributed by atoms with Crippen molar-refractivity contribution in [1.29, 1.82) is 0 Å². The molecule has 1 aliphatic heterocycles. The standard InChI is InChI=1S/C41H68O3/c1-29(2)17-12-19-31(5)21-14-22-33(7)24-16-27-41(11)28-26-37-36(10)39(34(8)35(9)40(37)44-41)43-38(42)25-15-23-32(6)20-13-18-30(3)4/h18,23,29,31,33H,12-17,19-22,24-28H2,1-11H3/b32-23-. The van der Waals surface area contributed by atoms with Crippen molar-refractivity contribution in [3.8, 4) is 11.5 Å². The number of rotatable bonds is 19. The van der Waals surface area contributed by atoms with Crippen LogP contribution in [0.2, 0.25) is 0 Å². The molecule has 250 valence electrons. The van der Waals surface area contributed by atoms with E-state index in [1.807, 2.05) is 0 Å². The average Bonchev–Trinajstić information content (AvgIpc) is 2.93. The Morgan fingerprint density at radius 2 is 1.41 bits per heavy atom. The Morgan fingerprint density at radius 1 is 0.818 bits per heavy atom. The fourth-order valence-electron chi connectivity index (χ4n) is 6.71. The molecule has 0 amide bonds. The molecule has 3 heteroatoms. The highest BCUT2D eigenvalue weighted by atomic mass is 16.5. The second-order valence-corrected chi connectivity index (χ2v) is 15.3. The third kappa shape index (κ3) is 13.1. The molecule has 0 saturated heterocycles. The lowest BCUT2D eigenvalue weighted by Crippen LogP contribution is -2.37. The first kappa shape index (κ1) is 38.2. The Kier molecular flexibility index (Phi) is 16.3. The maximum absolute atomic E-state index is 12.8. The molecule has 0 N–H and O–H groups in total. The van der Waals surface area contributed by atoms with Crippen LogP contribution in [0, 0.1) is 38.5 Å². The number of carbonyl (C=O) groups excluding carboxylic acids is 1. The van der Waals surface area contributed by atoms with Gasteiger partial charge in [0.15, 0.2) is 0 Å². The Bertz CT molecular complexity index is 1100. The van der Waals surface area contributed by atoms with Crippen LogP contribution < -0.4 is 9.47 Å². The summed E-state index contributed by atoms with van der Waals surface area (Å²) in [7, 11) is 0. The minimum atomic E-state index is -0.153. The van der Waals surface area contributed by atoms with E-state index in [2.05, 4.69) is 88.3 Å². The number of hydrogen-bond donors (Lipinski definition) is 0. The number of fused-ring (bicyclic) bond motifs is 1. The van der Waals surface area contributed by atoms with Crippen molar-refractivity contribution in [1.82, 2.24) is 0 Å². The number of carbonyl (C=O) groups is 1. The first-order valence-corrected chi connectivity index (χ1v) is 18.0. The SMILES string of the molecule is CC(C)=CCC/C(C)=C\CCC(=O)Oc1c(C)c(C)c2c(c1C)CCC(C)(CCCC(C)CCCC(C)CCCC(C)C)O2. The van der Waals surface area contributed by atoms with Crippen LogP contribution in [-0.4, -0.2) is 11.6 Å². The Morgan fingerprint density at radius 3 is 2.02 bits per heavy atom. The molecular weight excluding hydrogens is 540 g/mol. The molecule has 0 spiro atoms. The quantitative estimate of drug-likeness (QED) is 0.0890. The number of esters is 1. The van der Waals surface area contributed by atoms with Crippen LogP contribution in [0.3, 0.4) is 0 Å². The molecule has 44 heavy (non-hydrogen) atoms. The summed E-state index contributed by atoms with van der Waals surface area (Å²) in [5, 5.41) is 0. The molecule has 3 unspecified atom stereocenters. The number of ether oxygens (including phenoxy) is 2. The molecule has 3 nitrogen and oxygen atoms in total. The Hall–Kier alpha value is -2.03. The smallest absolute Gasteiger partial charge is 0.311 e. The van der Waals surface area contributed by atoms with Gasteiger partial charge in [0.1, 0.15) is 17.1 Å². The first-order valence-electron chi connectivity index (χ1n) is 18.0. The van der Waals surface area contributed by atoms with Crippen LogP contribution in [0.15, 0.2) is 23.3 Å². The highest BCUT2D eigenvalue weighted by Gasteiger charge is 2.34. The summed E-state index contributed by atoms with van der Waals surface area (Å²) in [4.78, 5) is 12.8. The van der Waals surface area contributed by atoms with Gasteiger partial charge in [0.25, 0.3) is 0 Å². The summed E-state index contributed by atoms with van der Waals surface area (Å²) in [6.45, 7) is 24.5. The third-order valence-electron chi connectivity index (χ3n) is 9.99. The van der Waals surface area contributed by atoms with Gasteiger partial charge >= 0.3 is 5.97 Å². The molecule has 2 rings (SSSR count). The van der Waals surface area contributed by atoms with Gasteiger partial charge in [-0.2, -0.15) is 0 Å². The summed E-state index contributed by atoms with van der Waals surface area (Å²) < 4.78 is 12.8. The summed E-state index contributed by atoms with van der Waals surface area (Å²) in [6, 6.07) is 0. The molecule has 0 radical (unpaired) electrons. The van der Waals surface area contributed by atoms with Crippen molar-refractivity contribution in [2.75, 3.05) is 0 Å². The van der Waals surface area contributed by atoms with Crippen molar-refractivity contribution in [3.63, 3.8) is 0 Å². The Labute approximate surface area is 272 Å². The van der Waals surface area contributed by atoms with Gasteiger partial charge in [0.05, 0.1) is 0 Å². The van der Waals surface area contributed by atoms with Crippen LogP contribution in [0.4, 0.5) is 0 Å². The summed E-state index contributed by atoms with van der Waals surface area (Å²) in [6.07, 6.45) is 21.5. The second-order valence-electron chi connectivity index (χ2n) is 15.3. The predicted molar refractivity (Wildman–Crippen MR) is 190 cm³/mol. The van der Waals surface area contributed by atoms with E-state index in [4.69, 9.17) is 9.47 Å². The first-order chi connectivity index (χ1) is 20.7. The van der Waals surface area contributed by atoms with Gasteiger partial charge in [-0.05, 0) is 128 Å². The van der Waals surface area contributed by atoms with Gasteiger partial charge < -0.3 is 9.47 Å². The summed E-state index contributed by atoms with van der Waals surface area (Å²) >= 11 is 0. The van der Waals surface area contributed by atoms with E-state index in [0.717, 1.165) is 84.5 Å². The van der Waals surface area contributed by atoms with Gasteiger partial charge in [0, 0.05) is 12.0 Å². The van der Waals surface area contributed by atoms with E-state index < -0.39 is 0 Å². The van der Waals surface area contributed by atoms with Gasteiger partial charge in [0.2, 0.25) is 0 Å². The molecule has 0 fully saturated rings. The van der Waals surface area contributed by atoms with Crippen molar-refractivity contribution >= 4 is 5.97 Å². The van der Waals surface area contributed by atoms with Crippen LogP contribution >= 0.6 is 0 Å². The monoisotopic (exact) mass is 609 g/mol. The topological polar surface area (TPSA) is 35.5 Å².